The predicted molar refractivity (Wildman–Crippen MR) is 152 cm³/mol. The van der Waals surface area contributed by atoms with Crippen LogP contribution < -0.4 is 5.32 Å². The van der Waals surface area contributed by atoms with Crippen molar-refractivity contribution in [3.05, 3.63) is 105 Å². The van der Waals surface area contributed by atoms with Crippen molar-refractivity contribution in [2.75, 3.05) is 5.75 Å². The van der Waals surface area contributed by atoms with Gasteiger partial charge < -0.3 is 10.2 Å². The highest BCUT2D eigenvalue weighted by atomic mass is 35.5. The zero-order valence-electron chi connectivity index (χ0n) is 20.8. The third kappa shape index (κ3) is 8.58. The van der Waals surface area contributed by atoms with Gasteiger partial charge in [-0.15, -0.1) is 11.8 Å². The molecule has 3 aromatic rings. The standard InChI is InChI=1S/C29H32Cl2N2O2S/c1-20(2)32-29(35)27(15-22-7-5-4-6-8-22)33(17-23-11-9-21(3)10-12-23)28(34)19-36-18-24-13-14-25(30)16-26(24)31/h4-14,16,20,27H,15,17-19H2,1-3H3,(H,32,35)/t27-/m1/s1. The molecule has 0 aliphatic rings. The van der Waals surface area contributed by atoms with Crippen LogP contribution in [0.2, 0.25) is 10.0 Å². The Morgan fingerprint density at radius 1 is 0.944 bits per heavy atom. The van der Waals surface area contributed by atoms with Crippen molar-refractivity contribution in [1.29, 1.82) is 0 Å². The molecule has 0 saturated carbocycles. The molecule has 0 spiro atoms. The van der Waals surface area contributed by atoms with Crippen molar-refractivity contribution in [2.24, 2.45) is 0 Å². The van der Waals surface area contributed by atoms with Gasteiger partial charge >= 0.3 is 0 Å². The van der Waals surface area contributed by atoms with E-state index in [1.54, 1.807) is 17.0 Å². The summed E-state index contributed by atoms with van der Waals surface area (Å²) in [6.45, 7) is 6.23. The van der Waals surface area contributed by atoms with Gasteiger partial charge in [0.1, 0.15) is 6.04 Å². The molecule has 0 aliphatic heterocycles. The smallest absolute Gasteiger partial charge is 0.243 e. The van der Waals surface area contributed by atoms with Crippen molar-refractivity contribution in [3.8, 4) is 0 Å². The molecule has 7 heteroatoms. The summed E-state index contributed by atoms with van der Waals surface area (Å²) in [7, 11) is 0. The quantitative estimate of drug-likeness (QED) is 0.293. The molecule has 0 saturated heterocycles. The van der Waals surface area contributed by atoms with Crippen LogP contribution in [0.25, 0.3) is 0 Å². The topological polar surface area (TPSA) is 49.4 Å². The van der Waals surface area contributed by atoms with Gasteiger partial charge in [0.05, 0.1) is 5.75 Å². The van der Waals surface area contributed by atoms with Gasteiger partial charge in [-0.05, 0) is 49.6 Å². The first-order valence-corrected chi connectivity index (χ1v) is 13.8. The Kier molecular flexibility index (Phi) is 10.7. The summed E-state index contributed by atoms with van der Waals surface area (Å²) in [6, 6.07) is 22.6. The highest BCUT2D eigenvalue weighted by Crippen LogP contribution is 2.25. The average molecular weight is 544 g/mol. The maximum absolute atomic E-state index is 13.6. The zero-order valence-corrected chi connectivity index (χ0v) is 23.2. The van der Waals surface area contributed by atoms with E-state index in [-0.39, 0.29) is 23.6 Å². The van der Waals surface area contributed by atoms with Crippen LogP contribution in [0.3, 0.4) is 0 Å². The van der Waals surface area contributed by atoms with E-state index < -0.39 is 6.04 Å². The van der Waals surface area contributed by atoms with Gasteiger partial charge in [-0.3, -0.25) is 9.59 Å². The van der Waals surface area contributed by atoms with E-state index in [2.05, 4.69) is 5.32 Å². The lowest BCUT2D eigenvalue weighted by atomic mass is 10.0. The van der Waals surface area contributed by atoms with Gasteiger partial charge in [-0.2, -0.15) is 0 Å². The number of hydrogen-bond acceptors (Lipinski definition) is 3. The fourth-order valence-corrected chi connectivity index (χ4v) is 5.26. The molecule has 1 atom stereocenters. The first-order chi connectivity index (χ1) is 17.2. The Morgan fingerprint density at radius 2 is 1.64 bits per heavy atom. The molecule has 4 nitrogen and oxygen atoms in total. The molecular formula is C29H32Cl2N2O2S. The fourth-order valence-electron chi connectivity index (χ4n) is 3.79. The summed E-state index contributed by atoms with van der Waals surface area (Å²) in [6.07, 6.45) is 0.435. The summed E-state index contributed by atoms with van der Waals surface area (Å²) >= 11 is 13.8. The molecular weight excluding hydrogens is 511 g/mol. The van der Waals surface area contributed by atoms with E-state index >= 15 is 0 Å². The Hall–Kier alpha value is -2.47. The second-order valence-corrected chi connectivity index (χ2v) is 10.9. The van der Waals surface area contributed by atoms with Crippen LogP contribution in [0.1, 0.15) is 36.1 Å². The summed E-state index contributed by atoms with van der Waals surface area (Å²) in [5, 5.41) is 4.18. The van der Waals surface area contributed by atoms with Crippen molar-refractivity contribution in [1.82, 2.24) is 10.2 Å². The normalized spacial score (nSPS) is 11.8. The minimum absolute atomic E-state index is 0.0338. The summed E-state index contributed by atoms with van der Waals surface area (Å²) < 4.78 is 0. The number of aryl methyl sites for hydroxylation is 1. The highest BCUT2D eigenvalue weighted by Gasteiger charge is 2.30. The lowest BCUT2D eigenvalue weighted by molar-refractivity contribution is -0.139. The number of hydrogen-bond donors (Lipinski definition) is 1. The Labute approximate surface area is 228 Å². The number of amides is 2. The number of carbonyl (C=O) groups is 2. The number of halogens is 2. The molecule has 2 amide bonds. The molecule has 3 rings (SSSR count). The third-order valence-corrected chi connectivity index (χ3v) is 7.23. The number of nitrogens with zero attached hydrogens (tertiary/aromatic N) is 1. The Balaban J connectivity index is 1.84. The van der Waals surface area contributed by atoms with Crippen LogP contribution in [0, 0.1) is 6.92 Å². The second kappa shape index (κ2) is 13.7. The van der Waals surface area contributed by atoms with E-state index in [9.17, 15) is 9.59 Å². The summed E-state index contributed by atoms with van der Waals surface area (Å²) in [5.41, 5.74) is 4.05. The third-order valence-electron chi connectivity index (χ3n) is 5.67. The van der Waals surface area contributed by atoms with Gasteiger partial charge in [0.2, 0.25) is 11.8 Å². The molecule has 0 unspecified atom stereocenters. The zero-order chi connectivity index (χ0) is 26.1. The van der Waals surface area contributed by atoms with Gasteiger partial charge in [0, 0.05) is 34.8 Å². The number of rotatable bonds is 11. The maximum atomic E-state index is 13.6. The first kappa shape index (κ1) is 28.1. The second-order valence-electron chi connectivity index (χ2n) is 9.10. The fraction of sp³-hybridized carbons (Fsp3) is 0.310. The van der Waals surface area contributed by atoms with E-state index in [0.717, 1.165) is 22.3 Å². The van der Waals surface area contributed by atoms with Crippen LogP contribution in [0.4, 0.5) is 0 Å². The Morgan fingerprint density at radius 3 is 2.28 bits per heavy atom. The highest BCUT2D eigenvalue weighted by molar-refractivity contribution is 7.99. The molecule has 1 N–H and O–H groups in total. The van der Waals surface area contributed by atoms with E-state index in [1.165, 1.54) is 11.8 Å². The van der Waals surface area contributed by atoms with Crippen LogP contribution in [-0.2, 0) is 28.3 Å². The van der Waals surface area contributed by atoms with Crippen LogP contribution in [-0.4, -0.2) is 34.6 Å². The lowest BCUT2D eigenvalue weighted by Crippen LogP contribution is -2.52. The number of benzene rings is 3. The SMILES string of the molecule is Cc1ccc(CN(C(=O)CSCc2ccc(Cl)cc2Cl)[C@H](Cc2ccccc2)C(=O)NC(C)C)cc1. The van der Waals surface area contributed by atoms with Crippen LogP contribution >= 0.6 is 35.0 Å². The number of nitrogens with one attached hydrogen (secondary N) is 1. The molecule has 36 heavy (non-hydrogen) atoms. The van der Waals surface area contributed by atoms with E-state index in [4.69, 9.17) is 23.2 Å². The minimum atomic E-state index is -0.636. The molecule has 0 aromatic heterocycles. The van der Waals surface area contributed by atoms with Crippen molar-refractivity contribution < 1.29 is 9.59 Å². The first-order valence-electron chi connectivity index (χ1n) is 11.9. The molecule has 0 heterocycles. The van der Waals surface area contributed by atoms with Crippen LogP contribution in [0.5, 0.6) is 0 Å². The molecule has 0 fully saturated rings. The lowest BCUT2D eigenvalue weighted by Gasteiger charge is -2.32. The van der Waals surface area contributed by atoms with Crippen molar-refractivity contribution in [3.63, 3.8) is 0 Å². The van der Waals surface area contributed by atoms with Crippen LogP contribution in [0.15, 0.2) is 72.8 Å². The number of carbonyl (C=O) groups excluding carboxylic acids is 2. The van der Waals surface area contributed by atoms with Gasteiger partial charge in [0.25, 0.3) is 0 Å². The molecule has 190 valence electrons. The van der Waals surface area contributed by atoms with Crippen molar-refractivity contribution >= 4 is 46.8 Å². The number of thioether (sulfide) groups is 1. The van der Waals surface area contributed by atoms with Gasteiger partial charge in [-0.1, -0.05) is 89.4 Å². The largest absolute Gasteiger partial charge is 0.352 e. The Bertz CT molecular complexity index is 1150. The molecule has 3 aromatic carbocycles. The molecule has 0 radical (unpaired) electrons. The summed E-state index contributed by atoms with van der Waals surface area (Å²) in [5.74, 6) is 0.553. The van der Waals surface area contributed by atoms with Gasteiger partial charge in [0.15, 0.2) is 0 Å². The van der Waals surface area contributed by atoms with E-state index in [0.29, 0.717) is 28.8 Å². The summed E-state index contributed by atoms with van der Waals surface area (Å²) in [4.78, 5) is 28.7. The minimum Gasteiger partial charge on any atom is -0.352 e. The average Bonchev–Trinajstić information content (AvgIpc) is 2.84. The maximum Gasteiger partial charge on any atom is 0.243 e. The van der Waals surface area contributed by atoms with Gasteiger partial charge in [-0.25, -0.2) is 0 Å². The van der Waals surface area contributed by atoms with Crippen molar-refractivity contribution in [2.45, 2.75) is 51.6 Å². The predicted octanol–water partition coefficient (Wildman–Crippen LogP) is 6.70. The molecule has 0 aliphatic carbocycles. The van der Waals surface area contributed by atoms with E-state index in [1.807, 2.05) is 81.4 Å². The monoisotopic (exact) mass is 542 g/mol. The molecule has 0 bridgehead atoms.